The molecule has 1 aromatic carbocycles. The fourth-order valence-electron chi connectivity index (χ4n) is 1.77. The first-order valence-electron chi connectivity index (χ1n) is 6.04. The number of aromatic nitrogens is 2. The molecular weight excluding hydrogens is 262 g/mol. The highest BCUT2D eigenvalue weighted by Gasteiger charge is 2.16. The number of amides is 1. The van der Waals surface area contributed by atoms with Crippen LogP contribution in [0.25, 0.3) is 10.9 Å². The number of hydrogen-bond acceptors (Lipinski definition) is 5. The molecular formula is C12H15N5O3. The van der Waals surface area contributed by atoms with Gasteiger partial charge in [0.25, 0.3) is 11.6 Å². The van der Waals surface area contributed by atoms with Gasteiger partial charge < -0.3 is 10.2 Å². The van der Waals surface area contributed by atoms with E-state index in [1.807, 2.05) is 19.0 Å². The van der Waals surface area contributed by atoms with Crippen molar-refractivity contribution >= 4 is 22.5 Å². The Morgan fingerprint density at radius 2 is 2.25 bits per heavy atom. The van der Waals surface area contributed by atoms with E-state index in [0.29, 0.717) is 17.4 Å². The van der Waals surface area contributed by atoms with Crippen molar-refractivity contribution in [2.24, 2.45) is 0 Å². The molecule has 2 N–H and O–H groups in total. The zero-order chi connectivity index (χ0) is 14.7. The van der Waals surface area contributed by atoms with Crippen molar-refractivity contribution in [3.63, 3.8) is 0 Å². The molecule has 0 atom stereocenters. The van der Waals surface area contributed by atoms with E-state index in [0.717, 1.165) is 6.54 Å². The summed E-state index contributed by atoms with van der Waals surface area (Å²) in [7, 11) is 3.82. The van der Waals surface area contributed by atoms with Crippen LogP contribution in [0.5, 0.6) is 0 Å². The third kappa shape index (κ3) is 2.91. The molecule has 1 amide bonds. The molecule has 8 heteroatoms. The Balaban J connectivity index is 2.18. The number of carbonyl (C=O) groups excluding carboxylic acids is 1. The summed E-state index contributed by atoms with van der Waals surface area (Å²) in [6.07, 6.45) is 0. The number of nitro groups is 1. The molecule has 8 nitrogen and oxygen atoms in total. The summed E-state index contributed by atoms with van der Waals surface area (Å²) in [6, 6.07) is 4.24. The van der Waals surface area contributed by atoms with Gasteiger partial charge in [-0.3, -0.25) is 20.0 Å². The molecule has 0 aliphatic carbocycles. The molecule has 0 saturated carbocycles. The minimum atomic E-state index is -0.489. The van der Waals surface area contributed by atoms with Crippen LogP contribution in [-0.4, -0.2) is 53.1 Å². The molecule has 0 saturated heterocycles. The number of nitrogens with zero attached hydrogens (tertiary/aromatic N) is 3. The number of benzene rings is 1. The number of nitrogens with one attached hydrogen (secondary N) is 2. The Labute approximate surface area is 114 Å². The van der Waals surface area contributed by atoms with Gasteiger partial charge in [-0.15, -0.1) is 0 Å². The Hall–Kier alpha value is -2.48. The zero-order valence-corrected chi connectivity index (χ0v) is 11.2. The SMILES string of the molecule is CN(C)CCNC(=O)c1n[nH]c2cc([N+](=O)[O-])ccc12. The predicted molar refractivity (Wildman–Crippen MR) is 73.6 cm³/mol. The van der Waals surface area contributed by atoms with E-state index in [2.05, 4.69) is 15.5 Å². The Morgan fingerprint density at radius 1 is 1.50 bits per heavy atom. The van der Waals surface area contributed by atoms with E-state index in [1.54, 1.807) is 0 Å². The second-order valence-corrected chi connectivity index (χ2v) is 4.62. The quantitative estimate of drug-likeness (QED) is 0.620. The standard InChI is InChI=1S/C12H15N5O3/c1-16(2)6-5-13-12(18)11-9-4-3-8(17(19)20)7-10(9)14-15-11/h3-4,7H,5-6H2,1-2H3,(H,13,18)(H,14,15). The summed E-state index contributed by atoms with van der Waals surface area (Å²) < 4.78 is 0. The van der Waals surface area contributed by atoms with Crippen molar-refractivity contribution in [3.8, 4) is 0 Å². The van der Waals surface area contributed by atoms with Gasteiger partial charge in [0.15, 0.2) is 5.69 Å². The Bertz CT molecular complexity index is 650. The number of likely N-dealkylation sites (N-methyl/N-ethyl adjacent to an activating group) is 1. The van der Waals surface area contributed by atoms with Gasteiger partial charge in [-0.1, -0.05) is 0 Å². The molecule has 20 heavy (non-hydrogen) atoms. The molecule has 106 valence electrons. The van der Waals surface area contributed by atoms with Gasteiger partial charge in [0.1, 0.15) is 0 Å². The lowest BCUT2D eigenvalue weighted by atomic mass is 10.2. The molecule has 0 unspecified atom stereocenters. The largest absolute Gasteiger partial charge is 0.349 e. The lowest BCUT2D eigenvalue weighted by Crippen LogP contribution is -2.31. The molecule has 2 rings (SSSR count). The van der Waals surface area contributed by atoms with Crippen LogP contribution in [-0.2, 0) is 0 Å². The third-order valence-electron chi connectivity index (χ3n) is 2.82. The number of nitro benzene ring substituents is 1. The summed E-state index contributed by atoms with van der Waals surface area (Å²) in [5.74, 6) is -0.299. The Morgan fingerprint density at radius 3 is 2.90 bits per heavy atom. The highest BCUT2D eigenvalue weighted by atomic mass is 16.6. The maximum Gasteiger partial charge on any atom is 0.272 e. The predicted octanol–water partition coefficient (Wildman–Crippen LogP) is 0.763. The molecule has 0 spiro atoms. The van der Waals surface area contributed by atoms with Crippen molar-refractivity contribution < 1.29 is 9.72 Å². The van der Waals surface area contributed by atoms with Gasteiger partial charge >= 0.3 is 0 Å². The van der Waals surface area contributed by atoms with Crippen LogP contribution in [0, 0.1) is 10.1 Å². The van der Waals surface area contributed by atoms with E-state index in [9.17, 15) is 14.9 Å². The number of aromatic amines is 1. The summed E-state index contributed by atoms with van der Waals surface area (Å²) >= 11 is 0. The topological polar surface area (TPSA) is 104 Å². The van der Waals surface area contributed by atoms with Crippen molar-refractivity contribution in [2.45, 2.75) is 0 Å². The van der Waals surface area contributed by atoms with E-state index in [1.165, 1.54) is 18.2 Å². The number of H-pyrrole nitrogens is 1. The van der Waals surface area contributed by atoms with Gasteiger partial charge in [-0.05, 0) is 20.2 Å². The number of rotatable bonds is 5. The lowest BCUT2D eigenvalue weighted by molar-refractivity contribution is -0.384. The summed E-state index contributed by atoms with van der Waals surface area (Å²) in [5, 5.41) is 20.6. The molecule has 0 aliphatic rings. The van der Waals surface area contributed by atoms with Gasteiger partial charge in [0, 0.05) is 30.6 Å². The minimum absolute atomic E-state index is 0.0410. The van der Waals surface area contributed by atoms with Crippen LogP contribution in [0.15, 0.2) is 18.2 Å². The van der Waals surface area contributed by atoms with Crippen molar-refractivity contribution in [3.05, 3.63) is 34.0 Å². The molecule has 0 bridgehead atoms. The molecule has 0 radical (unpaired) electrons. The van der Waals surface area contributed by atoms with Gasteiger partial charge in [-0.25, -0.2) is 0 Å². The van der Waals surface area contributed by atoms with E-state index >= 15 is 0 Å². The van der Waals surface area contributed by atoms with Crippen LogP contribution in [0.4, 0.5) is 5.69 Å². The summed E-state index contributed by atoms with van der Waals surface area (Å²) in [4.78, 5) is 24.1. The molecule has 1 aromatic heterocycles. The van der Waals surface area contributed by atoms with E-state index < -0.39 is 4.92 Å². The fourth-order valence-corrected chi connectivity index (χ4v) is 1.77. The molecule has 1 heterocycles. The van der Waals surface area contributed by atoms with Crippen LogP contribution in [0.1, 0.15) is 10.5 Å². The lowest BCUT2D eigenvalue weighted by Gasteiger charge is -2.09. The van der Waals surface area contributed by atoms with Crippen LogP contribution < -0.4 is 5.32 Å². The van der Waals surface area contributed by atoms with Gasteiger partial charge in [0.2, 0.25) is 0 Å². The molecule has 0 aliphatic heterocycles. The highest BCUT2D eigenvalue weighted by molar-refractivity contribution is 6.05. The fraction of sp³-hybridized carbons (Fsp3) is 0.333. The molecule has 2 aromatic rings. The monoisotopic (exact) mass is 277 g/mol. The average Bonchev–Trinajstić information content (AvgIpc) is 2.80. The number of fused-ring (bicyclic) bond motifs is 1. The average molecular weight is 277 g/mol. The number of carbonyl (C=O) groups is 1. The van der Waals surface area contributed by atoms with Gasteiger partial charge in [-0.2, -0.15) is 5.10 Å². The van der Waals surface area contributed by atoms with Crippen LogP contribution >= 0.6 is 0 Å². The second kappa shape index (κ2) is 5.66. The minimum Gasteiger partial charge on any atom is -0.349 e. The first-order chi connectivity index (χ1) is 9.49. The maximum atomic E-state index is 12.0. The highest BCUT2D eigenvalue weighted by Crippen LogP contribution is 2.21. The third-order valence-corrected chi connectivity index (χ3v) is 2.82. The second-order valence-electron chi connectivity index (χ2n) is 4.62. The summed E-state index contributed by atoms with van der Waals surface area (Å²) in [6.45, 7) is 1.23. The van der Waals surface area contributed by atoms with Gasteiger partial charge in [0.05, 0.1) is 10.4 Å². The van der Waals surface area contributed by atoms with Crippen LogP contribution in [0.3, 0.4) is 0 Å². The first kappa shape index (κ1) is 13.9. The smallest absolute Gasteiger partial charge is 0.272 e. The van der Waals surface area contributed by atoms with Crippen LogP contribution in [0.2, 0.25) is 0 Å². The molecule has 0 fully saturated rings. The Kier molecular flexibility index (Phi) is 3.94. The van der Waals surface area contributed by atoms with Crippen molar-refractivity contribution in [1.82, 2.24) is 20.4 Å². The summed E-state index contributed by atoms with van der Waals surface area (Å²) in [5.41, 5.74) is 0.673. The zero-order valence-electron chi connectivity index (χ0n) is 11.2. The van der Waals surface area contributed by atoms with E-state index in [-0.39, 0.29) is 17.3 Å². The first-order valence-corrected chi connectivity index (χ1v) is 6.04. The number of non-ortho nitro benzene ring substituents is 1. The normalized spacial score (nSPS) is 10.9. The van der Waals surface area contributed by atoms with Crippen molar-refractivity contribution in [2.75, 3.05) is 27.2 Å². The maximum absolute atomic E-state index is 12.0. The van der Waals surface area contributed by atoms with E-state index in [4.69, 9.17) is 0 Å². The number of hydrogen-bond donors (Lipinski definition) is 2. The van der Waals surface area contributed by atoms with Crippen molar-refractivity contribution in [1.29, 1.82) is 0 Å².